The Bertz CT molecular complexity index is 769. The highest BCUT2D eigenvalue weighted by atomic mass is 35.5. The summed E-state index contributed by atoms with van der Waals surface area (Å²) in [7, 11) is -1.28. The number of sulfone groups is 1. The van der Waals surface area contributed by atoms with Gasteiger partial charge < -0.3 is 4.57 Å². The van der Waals surface area contributed by atoms with Crippen molar-refractivity contribution in [1.29, 1.82) is 0 Å². The zero-order valence-electron chi connectivity index (χ0n) is 12.4. The molecule has 1 aliphatic rings. The topological polar surface area (TPSA) is 55.2 Å². The third-order valence-corrected chi connectivity index (χ3v) is 6.00. The minimum Gasteiger partial charge on any atom is -0.337 e. The first kappa shape index (κ1) is 15.5. The Morgan fingerprint density at radius 2 is 2.00 bits per heavy atom. The summed E-state index contributed by atoms with van der Waals surface area (Å²) in [5, 5.41) is 0.540. The third-order valence-electron chi connectivity index (χ3n) is 4.03. The van der Waals surface area contributed by atoms with Crippen LogP contribution in [0.2, 0.25) is 5.02 Å². The van der Waals surface area contributed by atoms with Gasteiger partial charge in [-0.05, 0) is 24.3 Å². The number of fused-ring (bicyclic) bond motifs is 1. The zero-order chi connectivity index (χ0) is 15.7. The molecule has 0 amide bonds. The number of halogens is 1. The molecule has 0 N–H and O–H groups in total. The Morgan fingerprint density at radius 1 is 1.27 bits per heavy atom. The summed E-state index contributed by atoms with van der Waals surface area (Å²) < 4.78 is 26.7. The van der Waals surface area contributed by atoms with Crippen molar-refractivity contribution in [3.8, 4) is 0 Å². The van der Waals surface area contributed by atoms with Crippen molar-refractivity contribution >= 4 is 21.4 Å². The SMILES string of the molecule is Cn1cnc2c1CCN(CCS(=O)(=O)c1ccc(Cl)cc1)C2. The van der Waals surface area contributed by atoms with Crippen LogP contribution in [0.3, 0.4) is 0 Å². The predicted molar refractivity (Wildman–Crippen MR) is 85.7 cm³/mol. The predicted octanol–water partition coefficient (Wildman–Crippen LogP) is 1.91. The number of rotatable bonds is 4. The van der Waals surface area contributed by atoms with Crippen LogP contribution in [0.15, 0.2) is 35.5 Å². The van der Waals surface area contributed by atoms with Crippen molar-refractivity contribution in [2.24, 2.45) is 7.05 Å². The lowest BCUT2D eigenvalue weighted by molar-refractivity contribution is 0.263. The highest BCUT2D eigenvalue weighted by Crippen LogP contribution is 2.19. The Hall–Kier alpha value is -1.37. The maximum Gasteiger partial charge on any atom is 0.179 e. The molecule has 1 aromatic heterocycles. The molecule has 0 saturated heterocycles. The van der Waals surface area contributed by atoms with Gasteiger partial charge in [0, 0.05) is 43.8 Å². The summed E-state index contributed by atoms with van der Waals surface area (Å²) in [6.07, 6.45) is 2.73. The number of benzene rings is 1. The lowest BCUT2D eigenvalue weighted by atomic mass is 10.1. The van der Waals surface area contributed by atoms with Crippen LogP contribution in [0.5, 0.6) is 0 Å². The molecule has 2 aromatic rings. The summed E-state index contributed by atoms with van der Waals surface area (Å²) in [6.45, 7) is 2.09. The van der Waals surface area contributed by atoms with Gasteiger partial charge in [-0.2, -0.15) is 0 Å². The van der Waals surface area contributed by atoms with E-state index in [0.29, 0.717) is 23.0 Å². The van der Waals surface area contributed by atoms with Gasteiger partial charge in [0.1, 0.15) is 0 Å². The van der Waals surface area contributed by atoms with Crippen molar-refractivity contribution < 1.29 is 8.42 Å². The van der Waals surface area contributed by atoms with Gasteiger partial charge in [0.2, 0.25) is 0 Å². The van der Waals surface area contributed by atoms with Crippen LogP contribution in [-0.4, -0.2) is 41.7 Å². The van der Waals surface area contributed by atoms with E-state index >= 15 is 0 Å². The first-order valence-electron chi connectivity index (χ1n) is 7.15. The van der Waals surface area contributed by atoms with Crippen LogP contribution in [0, 0.1) is 0 Å². The summed E-state index contributed by atoms with van der Waals surface area (Å²) in [4.78, 5) is 6.84. The van der Waals surface area contributed by atoms with Crippen LogP contribution >= 0.6 is 11.6 Å². The minimum absolute atomic E-state index is 0.108. The molecule has 2 heterocycles. The first-order chi connectivity index (χ1) is 10.5. The summed E-state index contributed by atoms with van der Waals surface area (Å²) in [5.74, 6) is 0.108. The third kappa shape index (κ3) is 3.19. The fourth-order valence-electron chi connectivity index (χ4n) is 2.71. The van der Waals surface area contributed by atoms with E-state index in [9.17, 15) is 8.42 Å². The summed E-state index contributed by atoms with van der Waals surface area (Å²) in [5.41, 5.74) is 2.30. The van der Waals surface area contributed by atoms with Crippen LogP contribution in [0.4, 0.5) is 0 Å². The Labute approximate surface area is 135 Å². The molecular weight excluding hydrogens is 322 g/mol. The van der Waals surface area contributed by atoms with Crippen molar-refractivity contribution in [3.05, 3.63) is 47.0 Å². The zero-order valence-corrected chi connectivity index (χ0v) is 13.9. The second-order valence-corrected chi connectivity index (χ2v) is 8.09. The maximum atomic E-state index is 12.3. The van der Waals surface area contributed by atoms with Crippen LogP contribution in [0.1, 0.15) is 11.4 Å². The molecule has 5 nitrogen and oxygen atoms in total. The van der Waals surface area contributed by atoms with Gasteiger partial charge >= 0.3 is 0 Å². The van der Waals surface area contributed by atoms with Gasteiger partial charge in [0.25, 0.3) is 0 Å². The van der Waals surface area contributed by atoms with E-state index in [1.165, 1.54) is 5.69 Å². The van der Waals surface area contributed by atoms with Crippen molar-refractivity contribution in [2.75, 3.05) is 18.8 Å². The molecule has 0 aliphatic carbocycles. The number of imidazole rings is 1. The first-order valence-corrected chi connectivity index (χ1v) is 9.18. The van der Waals surface area contributed by atoms with E-state index in [1.807, 2.05) is 17.9 Å². The highest BCUT2D eigenvalue weighted by Gasteiger charge is 2.22. The second-order valence-electron chi connectivity index (χ2n) is 5.55. The Kier molecular flexibility index (Phi) is 4.25. The van der Waals surface area contributed by atoms with Crippen LogP contribution in [0.25, 0.3) is 0 Å². The second kappa shape index (κ2) is 6.02. The molecule has 3 rings (SSSR count). The van der Waals surface area contributed by atoms with Crippen molar-refractivity contribution in [3.63, 3.8) is 0 Å². The lowest BCUT2D eigenvalue weighted by Gasteiger charge is -2.26. The number of hydrogen-bond donors (Lipinski definition) is 0. The highest BCUT2D eigenvalue weighted by molar-refractivity contribution is 7.91. The molecular formula is C15H18ClN3O2S. The lowest BCUT2D eigenvalue weighted by Crippen LogP contribution is -2.34. The molecule has 7 heteroatoms. The molecule has 0 radical (unpaired) electrons. The monoisotopic (exact) mass is 339 g/mol. The maximum absolute atomic E-state index is 12.3. The standard InChI is InChI=1S/C15H18ClN3O2S/c1-18-11-17-14-10-19(7-6-15(14)18)8-9-22(20,21)13-4-2-12(16)3-5-13/h2-5,11H,6-10H2,1H3. The fraction of sp³-hybridized carbons (Fsp3) is 0.400. The molecule has 0 unspecified atom stereocenters. The van der Waals surface area contributed by atoms with E-state index in [-0.39, 0.29) is 5.75 Å². The Balaban J connectivity index is 1.64. The minimum atomic E-state index is -3.27. The van der Waals surface area contributed by atoms with E-state index in [2.05, 4.69) is 9.88 Å². The largest absolute Gasteiger partial charge is 0.337 e. The smallest absolute Gasteiger partial charge is 0.179 e. The number of nitrogens with zero attached hydrogens (tertiary/aromatic N) is 3. The van der Waals surface area contributed by atoms with E-state index < -0.39 is 9.84 Å². The van der Waals surface area contributed by atoms with E-state index in [4.69, 9.17) is 11.6 Å². The molecule has 22 heavy (non-hydrogen) atoms. The van der Waals surface area contributed by atoms with Crippen LogP contribution in [-0.2, 0) is 29.9 Å². The summed E-state index contributed by atoms with van der Waals surface area (Å²) >= 11 is 5.80. The van der Waals surface area contributed by atoms with Crippen molar-refractivity contribution in [1.82, 2.24) is 14.5 Å². The number of aromatic nitrogens is 2. The summed E-state index contributed by atoms with van der Waals surface area (Å²) in [6, 6.07) is 6.33. The van der Waals surface area contributed by atoms with Gasteiger partial charge in [-0.3, -0.25) is 4.90 Å². The van der Waals surface area contributed by atoms with Gasteiger partial charge in [-0.25, -0.2) is 13.4 Å². The molecule has 1 aliphatic heterocycles. The fourth-order valence-corrected chi connectivity index (χ4v) is 4.12. The van der Waals surface area contributed by atoms with Crippen molar-refractivity contribution in [2.45, 2.75) is 17.9 Å². The van der Waals surface area contributed by atoms with Crippen LogP contribution < -0.4 is 0 Å². The molecule has 0 spiro atoms. The number of aryl methyl sites for hydroxylation is 1. The quantitative estimate of drug-likeness (QED) is 0.853. The molecule has 0 fully saturated rings. The molecule has 0 bridgehead atoms. The number of hydrogen-bond acceptors (Lipinski definition) is 4. The van der Waals surface area contributed by atoms with E-state index in [1.54, 1.807) is 24.3 Å². The Morgan fingerprint density at radius 3 is 2.73 bits per heavy atom. The molecule has 118 valence electrons. The van der Waals surface area contributed by atoms with E-state index in [0.717, 1.165) is 18.7 Å². The molecule has 0 saturated carbocycles. The molecule has 1 aromatic carbocycles. The van der Waals surface area contributed by atoms with Gasteiger partial charge in [-0.1, -0.05) is 11.6 Å². The normalized spacial score (nSPS) is 15.7. The average Bonchev–Trinajstić information content (AvgIpc) is 2.87. The van der Waals surface area contributed by atoms with Gasteiger partial charge in [-0.15, -0.1) is 0 Å². The average molecular weight is 340 g/mol. The van der Waals surface area contributed by atoms with Gasteiger partial charge in [0.15, 0.2) is 9.84 Å². The molecule has 0 atom stereocenters. The van der Waals surface area contributed by atoms with Gasteiger partial charge in [0.05, 0.1) is 22.7 Å².